The predicted octanol–water partition coefficient (Wildman–Crippen LogP) is 1.57. The maximum Gasteiger partial charge on any atom is 0.254 e. The highest BCUT2D eigenvalue weighted by Gasteiger charge is 2.26. The first-order valence-corrected chi connectivity index (χ1v) is 9.38. The van der Waals surface area contributed by atoms with Gasteiger partial charge in [-0.1, -0.05) is 0 Å². The molecule has 1 aliphatic heterocycles. The third-order valence-corrected chi connectivity index (χ3v) is 5.94. The summed E-state index contributed by atoms with van der Waals surface area (Å²) in [4.78, 5) is 14.1. The Bertz CT molecular complexity index is 809. The van der Waals surface area contributed by atoms with Gasteiger partial charge in [0.05, 0.1) is 30.9 Å². The first-order chi connectivity index (χ1) is 12.0. The van der Waals surface area contributed by atoms with Crippen LogP contribution in [0.25, 0.3) is 0 Å². The second-order valence-corrected chi connectivity index (χ2v) is 7.72. The minimum absolute atomic E-state index is 0.180. The number of furan rings is 1. The minimum Gasteiger partial charge on any atom is -0.467 e. The summed E-state index contributed by atoms with van der Waals surface area (Å²) in [6.45, 7) is 1.82. The predicted molar refractivity (Wildman–Crippen MR) is 90.5 cm³/mol. The number of nitrogens with zero attached hydrogens (tertiary/aromatic N) is 2. The van der Waals surface area contributed by atoms with Crippen LogP contribution in [0.1, 0.15) is 16.1 Å². The van der Waals surface area contributed by atoms with E-state index in [1.165, 1.54) is 33.5 Å². The normalized spacial score (nSPS) is 15.9. The number of hydrogen-bond acceptors (Lipinski definition) is 5. The van der Waals surface area contributed by atoms with Gasteiger partial charge < -0.3 is 14.1 Å². The zero-order valence-electron chi connectivity index (χ0n) is 13.9. The molecule has 2 aromatic rings. The molecular formula is C17H20N2O5S. The quantitative estimate of drug-likeness (QED) is 0.805. The molecule has 0 atom stereocenters. The van der Waals surface area contributed by atoms with E-state index < -0.39 is 10.0 Å². The van der Waals surface area contributed by atoms with Gasteiger partial charge in [0.2, 0.25) is 10.0 Å². The number of sulfonamides is 1. The highest BCUT2D eigenvalue weighted by molar-refractivity contribution is 7.89. The summed E-state index contributed by atoms with van der Waals surface area (Å²) in [5, 5.41) is 0. The fourth-order valence-corrected chi connectivity index (χ4v) is 4.04. The largest absolute Gasteiger partial charge is 0.467 e. The van der Waals surface area contributed by atoms with Gasteiger partial charge in [0.25, 0.3) is 5.91 Å². The number of ether oxygens (including phenoxy) is 1. The SMILES string of the molecule is CN(Cc1ccco1)C(=O)c1ccc(S(=O)(=O)N2CCOCC2)cc1. The standard InChI is InChI=1S/C17H20N2O5S/c1-18(13-15-3-2-10-24-15)17(20)14-4-6-16(7-5-14)25(21,22)19-8-11-23-12-9-19/h2-7,10H,8-9,11-13H2,1H3. The molecule has 134 valence electrons. The van der Waals surface area contributed by atoms with Gasteiger partial charge in [0.1, 0.15) is 5.76 Å². The molecule has 1 aliphatic rings. The molecular weight excluding hydrogens is 344 g/mol. The number of benzene rings is 1. The summed E-state index contributed by atoms with van der Waals surface area (Å²) in [5.41, 5.74) is 0.426. The fraction of sp³-hybridized carbons (Fsp3) is 0.353. The molecule has 0 radical (unpaired) electrons. The van der Waals surface area contributed by atoms with E-state index in [0.717, 1.165) is 0 Å². The number of hydrogen-bond donors (Lipinski definition) is 0. The zero-order valence-corrected chi connectivity index (χ0v) is 14.7. The number of rotatable bonds is 5. The number of carbonyl (C=O) groups excluding carboxylic acids is 1. The van der Waals surface area contributed by atoms with Gasteiger partial charge in [-0.2, -0.15) is 4.31 Å². The lowest BCUT2D eigenvalue weighted by atomic mass is 10.2. The highest BCUT2D eigenvalue weighted by atomic mass is 32.2. The van der Waals surface area contributed by atoms with E-state index in [-0.39, 0.29) is 10.8 Å². The van der Waals surface area contributed by atoms with Crippen molar-refractivity contribution in [3.05, 3.63) is 54.0 Å². The molecule has 1 fully saturated rings. The Hall–Kier alpha value is -2.16. The monoisotopic (exact) mass is 364 g/mol. The van der Waals surface area contributed by atoms with Gasteiger partial charge in [-0.3, -0.25) is 4.79 Å². The molecule has 1 aromatic carbocycles. The van der Waals surface area contributed by atoms with E-state index in [1.54, 1.807) is 25.4 Å². The van der Waals surface area contributed by atoms with Crippen molar-refractivity contribution >= 4 is 15.9 Å². The number of morpholine rings is 1. The Morgan fingerprint density at radius 2 is 1.84 bits per heavy atom. The topological polar surface area (TPSA) is 80.1 Å². The van der Waals surface area contributed by atoms with Crippen molar-refractivity contribution in [2.24, 2.45) is 0 Å². The number of amides is 1. The molecule has 8 heteroatoms. The molecule has 0 unspecified atom stereocenters. The molecule has 1 saturated heterocycles. The first-order valence-electron chi connectivity index (χ1n) is 7.94. The van der Waals surface area contributed by atoms with E-state index in [1.807, 2.05) is 0 Å². The molecule has 7 nitrogen and oxygen atoms in total. The van der Waals surface area contributed by atoms with Crippen molar-refractivity contribution in [2.75, 3.05) is 33.4 Å². The van der Waals surface area contributed by atoms with Crippen molar-refractivity contribution in [3.8, 4) is 0 Å². The maximum atomic E-state index is 12.6. The van der Waals surface area contributed by atoms with Crippen LogP contribution in [0, 0.1) is 0 Å². The van der Waals surface area contributed by atoms with Crippen LogP contribution >= 0.6 is 0 Å². The lowest BCUT2D eigenvalue weighted by molar-refractivity contribution is 0.0730. The summed E-state index contributed by atoms with van der Waals surface area (Å²) >= 11 is 0. The van der Waals surface area contributed by atoms with E-state index in [4.69, 9.17) is 9.15 Å². The Labute approximate surface area is 146 Å². The van der Waals surface area contributed by atoms with Gasteiger partial charge in [-0.15, -0.1) is 0 Å². The molecule has 1 aromatic heterocycles. The van der Waals surface area contributed by atoms with Crippen LogP contribution in [0.5, 0.6) is 0 Å². The average Bonchev–Trinajstić information content (AvgIpc) is 3.15. The molecule has 3 rings (SSSR count). The van der Waals surface area contributed by atoms with Crippen LogP contribution in [0.15, 0.2) is 52.0 Å². The van der Waals surface area contributed by atoms with Gasteiger partial charge in [-0.25, -0.2) is 8.42 Å². The van der Waals surface area contributed by atoms with Crippen LogP contribution in [-0.2, 0) is 21.3 Å². The molecule has 1 amide bonds. The van der Waals surface area contributed by atoms with Crippen LogP contribution in [0.3, 0.4) is 0 Å². The minimum atomic E-state index is -3.55. The Balaban J connectivity index is 1.72. The van der Waals surface area contributed by atoms with Gasteiger partial charge in [-0.05, 0) is 36.4 Å². The molecule has 0 saturated carbocycles. The second-order valence-electron chi connectivity index (χ2n) is 5.78. The second kappa shape index (κ2) is 7.38. The van der Waals surface area contributed by atoms with Crippen LogP contribution < -0.4 is 0 Å². The van der Waals surface area contributed by atoms with Crippen molar-refractivity contribution < 1.29 is 22.4 Å². The van der Waals surface area contributed by atoms with E-state index in [9.17, 15) is 13.2 Å². The van der Waals surface area contributed by atoms with Crippen LogP contribution in [0.4, 0.5) is 0 Å². The lowest BCUT2D eigenvalue weighted by Crippen LogP contribution is -2.40. The van der Waals surface area contributed by atoms with Gasteiger partial charge >= 0.3 is 0 Å². The van der Waals surface area contributed by atoms with Crippen molar-refractivity contribution in [1.29, 1.82) is 0 Å². The van der Waals surface area contributed by atoms with Gasteiger partial charge in [0, 0.05) is 25.7 Å². The lowest BCUT2D eigenvalue weighted by Gasteiger charge is -2.26. The summed E-state index contributed by atoms with van der Waals surface area (Å²) < 4.78 is 37.0. The number of carbonyl (C=O) groups is 1. The Kier molecular flexibility index (Phi) is 5.22. The van der Waals surface area contributed by atoms with Crippen molar-refractivity contribution in [3.63, 3.8) is 0 Å². The average molecular weight is 364 g/mol. The first kappa shape index (κ1) is 17.7. The van der Waals surface area contributed by atoms with Crippen LogP contribution in [-0.4, -0.2) is 56.9 Å². The summed E-state index contributed by atoms with van der Waals surface area (Å²) in [5.74, 6) is 0.481. The summed E-state index contributed by atoms with van der Waals surface area (Å²) in [6.07, 6.45) is 1.55. The van der Waals surface area contributed by atoms with Crippen molar-refractivity contribution in [1.82, 2.24) is 9.21 Å². The van der Waals surface area contributed by atoms with Crippen LogP contribution in [0.2, 0.25) is 0 Å². The third kappa shape index (κ3) is 3.92. The molecule has 0 N–H and O–H groups in total. The Morgan fingerprint density at radius 3 is 2.44 bits per heavy atom. The maximum absolute atomic E-state index is 12.6. The van der Waals surface area contributed by atoms with E-state index in [2.05, 4.69) is 0 Å². The Morgan fingerprint density at radius 1 is 1.16 bits per heavy atom. The molecule has 25 heavy (non-hydrogen) atoms. The smallest absolute Gasteiger partial charge is 0.254 e. The third-order valence-electron chi connectivity index (χ3n) is 4.03. The molecule has 0 bridgehead atoms. The fourth-order valence-electron chi connectivity index (χ4n) is 2.63. The zero-order chi connectivity index (χ0) is 17.9. The molecule has 2 heterocycles. The summed E-state index contributed by atoms with van der Waals surface area (Å²) in [6, 6.07) is 9.57. The van der Waals surface area contributed by atoms with E-state index in [0.29, 0.717) is 44.2 Å². The molecule has 0 aliphatic carbocycles. The van der Waals surface area contributed by atoms with E-state index >= 15 is 0 Å². The van der Waals surface area contributed by atoms with Crippen molar-refractivity contribution in [2.45, 2.75) is 11.4 Å². The molecule has 0 spiro atoms. The summed E-state index contributed by atoms with van der Waals surface area (Å²) in [7, 11) is -1.88. The highest BCUT2D eigenvalue weighted by Crippen LogP contribution is 2.18. The van der Waals surface area contributed by atoms with Gasteiger partial charge in [0.15, 0.2) is 0 Å².